The summed E-state index contributed by atoms with van der Waals surface area (Å²) in [4.78, 5) is 21.6. The van der Waals surface area contributed by atoms with E-state index in [9.17, 15) is 18.0 Å². The summed E-state index contributed by atoms with van der Waals surface area (Å²) in [5.74, 6) is 0.266. The molecule has 0 bridgehead atoms. The van der Waals surface area contributed by atoms with Gasteiger partial charge in [-0.15, -0.1) is 0 Å². The fraction of sp³-hybridized carbons (Fsp3) is 0.471. The van der Waals surface area contributed by atoms with Gasteiger partial charge in [-0.1, -0.05) is 6.07 Å². The molecule has 0 aromatic carbocycles. The van der Waals surface area contributed by atoms with Gasteiger partial charge < -0.3 is 14.2 Å². The second-order valence-corrected chi connectivity index (χ2v) is 7.01. The first kappa shape index (κ1) is 19.2. The maximum Gasteiger partial charge on any atom is 0.416 e. The molecule has 1 N–H and O–H groups in total. The van der Waals surface area contributed by atoms with Crippen LogP contribution < -0.4 is 5.32 Å². The number of nitrogens with zero attached hydrogens (tertiary/aromatic N) is 4. The molecule has 1 aliphatic heterocycles. The van der Waals surface area contributed by atoms with Crippen LogP contribution in [0.1, 0.15) is 19.4 Å². The number of rotatable bonds is 3. The Morgan fingerprint density at radius 3 is 2.78 bits per heavy atom. The van der Waals surface area contributed by atoms with Gasteiger partial charge in [0, 0.05) is 25.1 Å². The lowest BCUT2D eigenvalue weighted by atomic mass is 10.1. The second kappa shape index (κ2) is 7.18. The van der Waals surface area contributed by atoms with Crippen LogP contribution >= 0.6 is 0 Å². The average Bonchev–Trinajstić information content (AvgIpc) is 3.07. The molecule has 1 atom stereocenters. The van der Waals surface area contributed by atoms with Crippen molar-refractivity contribution in [3.63, 3.8) is 0 Å². The van der Waals surface area contributed by atoms with E-state index in [0.717, 1.165) is 10.5 Å². The number of nitrogens with one attached hydrogen (secondary N) is 1. The monoisotopic (exact) mass is 383 g/mol. The molecule has 1 saturated heterocycles. The van der Waals surface area contributed by atoms with Gasteiger partial charge in [-0.2, -0.15) is 13.2 Å². The minimum Gasteiger partial charge on any atom is -0.359 e. The van der Waals surface area contributed by atoms with Crippen molar-refractivity contribution in [3.8, 4) is 0 Å². The maximum atomic E-state index is 13.0. The molecule has 2 amide bonds. The van der Waals surface area contributed by atoms with Crippen molar-refractivity contribution in [1.29, 1.82) is 0 Å². The third-order valence-corrected chi connectivity index (χ3v) is 4.06. The van der Waals surface area contributed by atoms with Gasteiger partial charge in [-0.25, -0.2) is 14.8 Å². The zero-order valence-corrected chi connectivity index (χ0v) is 14.9. The van der Waals surface area contributed by atoms with Crippen LogP contribution in [0.4, 0.5) is 23.8 Å². The van der Waals surface area contributed by atoms with Crippen LogP contribution in [0.25, 0.3) is 0 Å². The Morgan fingerprint density at radius 1 is 1.41 bits per heavy atom. The lowest BCUT2D eigenvalue weighted by Gasteiger charge is -2.42. The fourth-order valence-electron chi connectivity index (χ4n) is 2.88. The third kappa shape index (κ3) is 4.97. The van der Waals surface area contributed by atoms with Crippen LogP contribution in [0, 0.1) is 0 Å². The topological polar surface area (TPSA) is 72.3 Å². The molecular weight excluding hydrogens is 363 g/mol. The van der Waals surface area contributed by atoms with E-state index in [1.54, 1.807) is 30.9 Å². The van der Waals surface area contributed by atoms with Crippen LogP contribution in [-0.4, -0.2) is 56.4 Å². The highest BCUT2D eigenvalue weighted by Gasteiger charge is 2.49. The summed E-state index contributed by atoms with van der Waals surface area (Å²) < 4.78 is 46.1. The van der Waals surface area contributed by atoms with Crippen molar-refractivity contribution in [2.45, 2.75) is 38.3 Å². The number of alkyl halides is 3. The zero-order chi connectivity index (χ0) is 19.7. The van der Waals surface area contributed by atoms with Gasteiger partial charge in [0.05, 0.1) is 25.0 Å². The van der Waals surface area contributed by atoms with Crippen LogP contribution in [0.15, 0.2) is 37.1 Å². The van der Waals surface area contributed by atoms with Gasteiger partial charge in [0.2, 0.25) is 0 Å². The molecule has 1 fully saturated rings. The van der Waals surface area contributed by atoms with Gasteiger partial charge in [0.25, 0.3) is 0 Å². The number of imidazole rings is 1. The molecule has 2 aromatic rings. The lowest BCUT2D eigenvalue weighted by molar-refractivity contribution is -0.267. The highest BCUT2D eigenvalue weighted by Crippen LogP contribution is 2.31. The number of hydrogen-bond acceptors (Lipinski definition) is 4. The SMILES string of the molecule is CC1(C)CN(C(=O)Nc2ccc(Cn3ccnc3)cn2)CC(C(F)(F)F)O1. The first-order chi connectivity index (χ1) is 12.6. The maximum absolute atomic E-state index is 13.0. The fourth-order valence-corrected chi connectivity index (χ4v) is 2.88. The number of anilines is 1. The van der Waals surface area contributed by atoms with Crippen molar-refractivity contribution in [2.24, 2.45) is 0 Å². The normalized spacial score (nSPS) is 19.7. The Kier molecular flexibility index (Phi) is 5.09. The molecule has 0 radical (unpaired) electrons. The third-order valence-electron chi connectivity index (χ3n) is 4.06. The van der Waals surface area contributed by atoms with Crippen molar-refractivity contribution in [3.05, 3.63) is 42.6 Å². The Labute approximate surface area is 154 Å². The van der Waals surface area contributed by atoms with E-state index in [1.165, 1.54) is 13.8 Å². The van der Waals surface area contributed by atoms with Crippen molar-refractivity contribution >= 4 is 11.8 Å². The van der Waals surface area contributed by atoms with Gasteiger partial charge in [0.15, 0.2) is 6.10 Å². The second-order valence-electron chi connectivity index (χ2n) is 7.01. The van der Waals surface area contributed by atoms with E-state index >= 15 is 0 Å². The summed E-state index contributed by atoms with van der Waals surface area (Å²) in [5, 5.41) is 2.54. The molecule has 3 heterocycles. The van der Waals surface area contributed by atoms with Crippen LogP contribution in [0.5, 0.6) is 0 Å². The van der Waals surface area contributed by atoms with E-state index in [0.29, 0.717) is 6.54 Å². The molecule has 1 aliphatic rings. The molecule has 3 rings (SSSR count). The quantitative estimate of drug-likeness (QED) is 0.885. The number of halogens is 3. The molecular formula is C17H20F3N5O2. The average molecular weight is 383 g/mol. The number of carbonyl (C=O) groups is 1. The predicted octanol–water partition coefficient (Wildman–Crippen LogP) is 2.90. The Morgan fingerprint density at radius 2 is 2.19 bits per heavy atom. The van der Waals surface area contributed by atoms with E-state index in [2.05, 4.69) is 15.3 Å². The Balaban J connectivity index is 1.63. The van der Waals surface area contributed by atoms with Gasteiger partial charge >= 0.3 is 12.2 Å². The van der Waals surface area contributed by atoms with E-state index in [1.807, 2.05) is 10.8 Å². The van der Waals surface area contributed by atoms with Gasteiger partial charge in [0.1, 0.15) is 5.82 Å². The largest absolute Gasteiger partial charge is 0.416 e. The van der Waals surface area contributed by atoms with Gasteiger partial charge in [-0.3, -0.25) is 5.32 Å². The van der Waals surface area contributed by atoms with Crippen LogP contribution in [0.3, 0.4) is 0 Å². The summed E-state index contributed by atoms with van der Waals surface area (Å²) in [5.41, 5.74) is -0.201. The minimum absolute atomic E-state index is 0.0458. The number of hydrogen-bond donors (Lipinski definition) is 1. The number of aromatic nitrogens is 3. The zero-order valence-electron chi connectivity index (χ0n) is 14.9. The number of urea groups is 1. The van der Waals surface area contributed by atoms with E-state index in [-0.39, 0.29) is 12.4 Å². The summed E-state index contributed by atoms with van der Waals surface area (Å²) in [6.45, 7) is 3.11. The number of amides is 2. The highest BCUT2D eigenvalue weighted by atomic mass is 19.4. The smallest absolute Gasteiger partial charge is 0.359 e. The number of carbonyl (C=O) groups excluding carboxylic acids is 1. The summed E-state index contributed by atoms with van der Waals surface area (Å²) in [6, 6.07) is 2.75. The Hall–Kier alpha value is -2.62. The van der Waals surface area contributed by atoms with Crippen molar-refractivity contribution < 1.29 is 22.7 Å². The van der Waals surface area contributed by atoms with Crippen LogP contribution in [0.2, 0.25) is 0 Å². The molecule has 0 aliphatic carbocycles. The van der Waals surface area contributed by atoms with Crippen molar-refractivity contribution in [1.82, 2.24) is 19.4 Å². The first-order valence-corrected chi connectivity index (χ1v) is 8.33. The van der Waals surface area contributed by atoms with E-state index in [4.69, 9.17) is 4.74 Å². The van der Waals surface area contributed by atoms with Gasteiger partial charge in [-0.05, 0) is 25.5 Å². The summed E-state index contributed by atoms with van der Waals surface area (Å²) >= 11 is 0. The standard InChI is InChI=1S/C17H20F3N5O2/c1-16(2)10-25(9-13(27-16)17(18,19)20)15(26)23-14-4-3-12(7-22-14)8-24-6-5-21-11-24/h3-7,11,13H,8-10H2,1-2H3,(H,22,23,26). The molecule has 10 heteroatoms. The molecule has 0 spiro atoms. The Bertz CT molecular complexity index is 775. The van der Waals surface area contributed by atoms with Crippen LogP contribution in [-0.2, 0) is 11.3 Å². The van der Waals surface area contributed by atoms with Crippen molar-refractivity contribution in [2.75, 3.05) is 18.4 Å². The molecule has 146 valence electrons. The molecule has 2 aromatic heterocycles. The lowest BCUT2D eigenvalue weighted by Crippen LogP contribution is -2.59. The highest BCUT2D eigenvalue weighted by molar-refractivity contribution is 5.88. The molecule has 7 nitrogen and oxygen atoms in total. The number of pyridine rings is 1. The first-order valence-electron chi connectivity index (χ1n) is 8.33. The minimum atomic E-state index is -4.54. The molecule has 1 unspecified atom stereocenters. The number of morpholine rings is 1. The summed E-state index contributed by atoms with van der Waals surface area (Å²) in [7, 11) is 0. The molecule has 27 heavy (non-hydrogen) atoms. The predicted molar refractivity (Wildman–Crippen MR) is 91.2 cm³/mol. The number of ether oxygens (including phenoxy) is 1. The summed E-state index contributed by atoms with van der Waals surface area (Å²) in [6.07, 6.45) is 0.193. The molecule has 0 saturated carbocycles. The van der Waals surface area contributed by atoms with E-state index < -0.39 is 30.5 Å².